The van der Waals surface area contributed by atoms with E-state index in [0.29, 0.717) is 0 Å². The molecule has 1 fully saturated rings. The van der Waals surface area contributed by atoms with Gasteiger partial charge >= 0.3 is 0 Å². The summed E-state index contributed by atoms with van der Waals surface area (Å²) in [6.07, 6.45) is 7.60. The summed E-state index contributed by atoms with van der Waals surface area (Å²) in [4.78, 5) is 4.78. The maximum Gasteiger partial charge on any atom is 0.0799 e. The van der Waals surface area contributed by atoms with Gasteiger partial charge in [0.15, 0.2) is 0 Å². The molecule has 1 aliphatic rings. The van der Waals surface area contributed by atoms with Gasteiger partial charge in [0.1, 0.15) is 0 Å². The highest BCUT2D eigenvalue weighted by Gasteiger charge is 2.20. The van der Waals surface area contributed by atoms with E-state index < -0.39 is 8.07 Å². The molecular formula is C20H27NSi. The second-order valence-corrected chi connectivity index (χ2v) is 12.8. The molecular weight excluding hydrogens is 282 g/mol. The van der Waals surface area contributed by atoms with Crippen LogP contribution in [0.15, 0.2) is 36.5 Å². The van der Waals surface area contributed by atoms with Crippen LogP contribution in [0.25, 0.3) is 11.3 Å². The lowest BCUT2D eigenvalue weighted by molar-refractivity contribution is 0.723. The van der Waals surface area contributed by atoms with E-state index in [-0.39, 0.29) is 0 Å². The third kappa shape index (κ3) is 3.17. The van der Waals surface area contributed by atoms with Gasteiger partial charge in [0.25, 0.3) is 0 Å². The summed E-state index contributed by atoms with van der Waals surface area (Å²) in [5, 5.41) is 1.48. The molecule has 1 saturated carbocycles. The summed E-state index contributed by atoms with van der Waals surface area (Å²) in [6, 6.07) is 11.3. The van der Waals surface area contributed by atoms with Gasteiger partial charge in [0.2, 0.25) is 0 Å². The normalized spacial score (nSPS) is 16.2. The number of hydrogen-bond donors (Lipinski definition) is 0. The van der Waals surface area contributed by atoms with Gasteiger partial charge in [-0.25, -0.2) is 0 Å². The van der Waals surface area contributed by atoms with Crippen LogP contribution in [-0.2, 0) is 0 Å². The van der Waals surface area contributed by atoms with Crippen LogP contribution in [0.1, 0.15) is 42.7 Å². The van der Waals surface area contributed by atoms with Crippen molar-refractivity contribution in [1.29, 1.82) is 0 Å². The first-order valence-corrected chi connectivity index (χ1v) is 12.0. The van der Waals surface area contributed by atoms with Crippen molar-refractivity contribution >= 4 is 13.3 Å². The Bertz CT molecular complexity index is 664. The molecule has 1 aromatic heterocycles. The Morgan fingerprint density at radius 2 is 1.77 bits per heavy atom. The second kappa shape index (κ2) is 6.00. The molecule has 0 atom stereocenters. The molecule has 0 aliphatic heterocycles. The highest BCUT2D eigenvalue weighted by Crippen LogP contribution is 2.35. The number of aryl methyl sites for hydroxylation is 1. The molecule has 2 heteroatoms. The maximum atomic E-state index is 4.78. The summed E-state index contributed by atoms with van der Waals surface area (Å²) in [6.45, 7) is 9.39. The van der Waals surface area contributed by atoms with Crippen molar-refractivity contribution in [3.8, 4) is 11.3 Å². The summed E-state index contributed by atoms with van der Waals surface area (Å²) in [7, 11) is -1.30. The van der Waals surface area contributed by atoms with Crippen LogP contribution in [0.5, 0.6) is 0 Å². The zero-order chi connectivity index (χ0) is 15.7. The Morgan fingerprint density at radius 1 is 1.05 bits per heavy atom. The first-order valence-electron chi connectivity index (χ1n) is 8.52. The predicted molar refractivity (Wildman–Crippen MR) is 98.6 cm³/mol. The minimum Gasteiger partial charge on any atom is -0.256 e. The molecule has 0 saturated heterocycles. The Labute approximate surface area is 135 Å². The molecule has 2 aromatic rings. The Kier molecular flexibility index (Phi) is 4.22. The lowest BCUT2D eigenvalue weighted by Gasteiger charge is -2.19. The standard InChI is InChI=1S/C20H27NSi/c1-15-12-19(21-14-20(15)22(2,3)4)18-11-7-10-17(13-18)16-8-5-6-9-16/h7,10-14,16H,5-6,8-9H2,1-4H3. The van der Waals surface area contributed by atoms with Gasteiger partial charge in [-0.3, -0.25) is 4.98 Å². The Balaban J connectivity index is 1.94. The van der Waals surface area contributed by atoms with Crippen molar-refractivity contribution in [2.75, 3.05) is 0 Å². The van der Waals surface area contributed by atoms with Crippen molar-refractivity contribution in [3.63, 3.8) is 0 Å². The van der Waals surface area contributed by atoms with E-state index in [2.05, 4.69) is 63.1 Å². The monoisotopic (exact) mass is 309 g/mol. The smallest absolute Gasteiger partial charge is 0.0799 e. The van der Waals surface area contributed by atoms with E-state index in [1.807, 2.05) is 0 Å². The summed E-state index contributed by atoms with van der Waals surface area (Å²) >= 11 is 0. The number of pyridine rings is 1. The van der Waals surface area contributed by atoms with Crippen LogP contribution in [0.2, 0.25) is 19.6 Å². The molecule has 3 rings (SSSR count). The van der Waals surface area contributed by atoms with Crippen LogP contribution in [-0.4, -0.2) is 13.1 Å². The fourth-order valence-electron chi connectivity index (χ4n) is 3.71. The highest BCUT2D eigenvalue weighted by atomic mass is 28.3. The first-order chi connectivity index (χ1) is 10.4. The Morgan fingerprint density at radius 3 is 2.41 bits per heavy atom. The summed E-state index contributed by atoms with van der Waals surface area (Å²) in [5.74, 6) is 0.766. The van der Waals surface area contributed by atoms with Gasteiger partial charge in [-0.05, 0) is 54.1 Å². The molecule has 0 N–H and O–H groups in total. The SMILES string of the molecule is Cc1cc(-c2cccc(C3CCCC3)c2)ncc1[Si](C)(C)C. The van der Waals surface area contributed by atoms with Gasteiger partial charge in [-0.2, -0.15) is 0 Å². The minimum absolute atomic E-state index is 0.766. The molecule has 1 heterocycles. The topological polar surface area (TPSA) is 12.9 Å². The third-order valence-electron chi connectivity index (χ3n) is 4.93. The minimum atomic E-state index is -1.30. The number of hydrogen-bond acceptors (Lipinski definition) is 1. The lowest BCUT2D eigenvalue weighted by atomic mass is 9.95. The fourth-order valence-corrected chi connectivity index (χ4v) is 5.42. The molecule has 1 aromatic carbocycles. The number of nitrogens with zero attached hydrogens (tertiary/aromatic N) is 1. The summed E-state index contributed by atoms with van der Waals surface area (Å²) in [5.41, 5.74) is 5.30. The lowest BCUT2D eigenvalue weighted by Crippen LogP contribution is -2.39. The largest absolute Gasteiger partial charge is 0.256 e. The van der Waals surface area contributed by atoms with E-state index >= 15 is 0 Å². The molecule has 0 unspecified atom stereocenters. The molecule has 1 nitrogen and oxygen atoms in total. The van der Waals surface area contributed by atoms with Crippen LogP contribution in [0, 0.1) is 6.92 Å². The van der Waals surface area contributed by atoms with E-state index in [0.717, 1.165) is 11.6 Å². The van der Waals surface area contributed by atoms with Crippen LogP contribution in [0.4, 0.5) is 0 Å². The van der Waals surface area contributed by atoms with Gasteiger partial charge < -0.3 is 0 Å². The van der Waals surface area contributed by atoms with E-state index in [9.17, 15) is 0 Å². The maximum absolute atomic E-state index is 4.78. The van der Waals surface area contributed by atoms with Gasteiger partial charge in [-0.1, -0.05) is 50.7 Å². The van der Waals surface area contributed by atoms with Crippen molar-refractivity contribution in [3.05, 3.63) is 47.7 Å². The van der Waals surface area contributed by atoms with E-state index in [1.165, 1.54) is 47.6 Å². The van der Waals surface area contributed by atoms with Crippen molar-refractivity contribution in [2.24, 2.45) is 0 Å². The Hall–Kier alpha value is -1.41. The van der Waals surface area contributed by atoms with Crippen molar-refractivity contribution in [1.82, 2.24) is 4.98 Å². The average Bonchev–Trinajstić information content (AvgIpc) is 3.00. The predicted octanol–water partition coefficient (Wildman–Crippen LogP) is 5.26. The zero-order valence-electron chi connectivity index (χ0n) is 14.3. The van der Waals surface area contributed by atoms with Gasteiger partial charge in [0, 0.05) is 11.8 Å². The number of rotatable bonds is 3. The highest BCUT2D eigenvalue weighted by molar-refractivity contribution is 6.89. The van der Waals surface area contributed by atoms with Crippen molar-refractivity contribution < 1.29 is 0 Å². The fraction of sp³-hybridized carbons (Fsp3) is 0.450. The van der Waals surface area contributed by atoms with Crippen LogP contribution in [0.3, 0.4) is 0 Å². The van der Waals surface area contributed by atoms with Crippen molar-refractivity contribution in [2.45, 2.75) is 58.2 Å². The summed E-state index contributed by atoms with van der Waals surface area (Å²) < 4.78 is 0. The molecule has 0 radical (unpaired) electrons. The molecule has 0 amide bonds. The van der Waals surface area contributed by atoms with Gasteiger partial charge in [-0.15, -0.1) is 0 Å². The average molecular weight is 310 g/mol. The number of benzene rings is 1. The third-order valence-corrected chi connectivity index (χ3v) is 7.07. The van der Waals surface area contributed by atoms with Crippen LogP contribution < -0.4 is 5.19 Å². The molecule has 0 bridgehead atoms. The number of aromatic nitrogens is 1. The zero-order valence-corrected chi connectivity index (χ0v) is 15.3. The van der Waals surface area contributed by atoms with Gasteiger partial charge in [0.05, 0.1) is 13.8 Å². The van der Waals surface area contributed by atoms with E-state index in [4.69, 9.17) is 4.98 Å². The molecule has 0 spiro atoms. The quantitative estimate of drug-likeness (QED) is 0.705. The van der Waals surface area contributed by atoms with Crippen LogP contribution >= 0.6 is 0 Å². The second-order valence-electron chi connectivity index (χ2n) is 7.74. The first kappa shape index (κ1) is 15.5. The molecule has 116 valence electrons. The van der Waals surface area contributed by atoms with E-state index in [1.54, 1.807) is 0 Å². The molecule has 1 aliphatic carbocycles. The molecule has 22 heavy (non-hydrogen) atoms.